The third-order valence-electron chi connectivity index (χ3n) is 5.98. The number of aromatic nitrogens is 2. The fraction of sp³-hybridized carbons (Fsp3) is 0.480. The largest absolute Gasteiger partial charge is 0.466 e. The van der Waals surface area contributed by atoms with Crippen LogP contribution in [0.4, 0.5) is 0 Å². The highest BCUT2D eigenvalue weighted by atomic mass is 16.5. The van der Waals surface area contributed by atoms with E-state index in [0.717, 1.165) is 6.42 Å². The number of esters is 2. The third kappa shape index (κ3) is 6.06. The van der Waals surface area contributed by atoms with Crippen molar-refractivity contribution in [1.82, 2.24) is 19.6 Å². The van der Waals surface area contributed by atoms with Crippen LogP contribution in [-0.2, 0) is 19.1 Å². The van der Waals surface area contributed by atoms with E-state index in [1.807, 2.05) is 0 Å². The lowest BCUT2D eigenvalue weighted by molar-refractivity contribution is -0.151. The predicted octanol–water partition coefficient (Wildman–Crippen LogP) is 2.23. The average Bonchev–Trinajstić information content (AvgIpc) is 3.25. The van der Waals surface area contributed by atoms with Crippen molar-refractivity contribution in [2.75, 3.05) is 39.9 Å². The fourth-order valence-corrected chi connectivity index (χ4v) is 4.08. The number of amides is 2. The van der Waals surface area contributed by atoms with Crippen LogP contribution in [0.1, 0.15) is 53.1 Å². The fourth-order valence-electron chi connectivity index (χ4n) is 4.08. The summed E-state index contributed by atoms with van der Waals surface area (Å²) in [5, 5.41) is 4.26. The number of carbonyl (C=O) groups is 4. The molecule has 1 atom stereocenters. The van der Waals surface area contributed by atoms with Crippen LogP contribution in [0.15, 0.2) is 30.5 Å². The maximum Gasteiger partial charge on any atom is 0.341 e. The number of hydrogen-bond donors (Lipinski definition) is 0. The third-order valence-corrected chi connectivity index (χ3v) is 5.98. The van der Waals surface area contributed by atoms with Gasteiger partial charge in [-0.1, -0.05) is 0 Å². The highest BCUT2D eigenvalue weighted by Crippen LogP contribution is 2.19. The molecule has 10 heteroatoms. The van der Waals surface area contributed by atoms with Gasteiger partial charge in [-0.3, -0.25) is 14.4 Å². The minimum atomic E-state index is -0.434. The van der Waals surface area contributed by atoms with Crippen LogP contribution in [0.2, 0.25) is 0 Å². The first kappa shape index (κ1) is 25.9. The summed E-state index contributed by atoms with van der Waals surface area (Å²) in [6.45, 7) is 6.64. The molecule has 0 radical (unpaired) electrons. The molecule has 3 rings (SSSR count). The van der Waals surface area contributed by atoms with Gasteiger partial charge < -0.3 is 19.3 Å². The first-order valence-electron chi connectivity index (χ1n) is 11.8. The number of hydrogen-bond acceptors (Lipinski definition) is 7. The Morgan fingerprint density at radius 1 is 1.09 bits per heavy atom. The zero-order valence-corrected chi connectivity index (χ0v) is 20.7. The Balaban J connectivity index is 1.62. The van der Waals surface area contributed by atoms with E-state index in [0.29, 0.717) is 48.6 Å². The predicted molar refractivity (Wildman–Crippen MR) is 127 cm³/mol. The number of benzene rings is 1. The van der Waals surface area contributed by atoms with Crippen molar-refractivity contribution in [3.05, 3.63) is 47.3 Å². The summed E-state index contributed by atoms with van der Waals surface area (Å²) in [5.41, 5.74) is 2.12. The first-order valence-corrected chi connectivity index (χ1v) is 11.8. The van der Waals surface area contributed by atoms with Crippen LogP contribution in [0.5, 0.6) is 0 Å². The highest BCUT2D eigenvalue weighted by Gasteiger charge is 2.30. The van der Waals surface area contributed by atoms with Gasteiger partial charge >= 0.3 is 11.9 Å². The monoisotopic (exact) mass is 484 g/mol. The second-order valence-corrected chi connectivity index (χ2v) is 8.41. The van der Waals surface area contributed by atoms with Crippen molar-refractivity contribution in [2.24, 2.45) is 5.92 Å². The topological polar surface area (TPSA) is 111 Å². The smallest absolute Gasteiger partial charge is 0.341 e. The van der Waals surface area contributed by atoms with Gasteiger partial charge in [0.25, 0.3) is 5.91 Å². The highest BCUT2D eigenvalue weighted by molar-refractivity contribution is 5.96. The maximum atomic E-state index is 12.9. The summed E-state index contributed by atoms with van der Waals surface area (Å²) >= 11 is 0. The number of likely N-dealkylation sites (tertiary alicyclic amines) is 1. The van der Waals surface area contributed by atoms with Gasteiger partial charge in [0.05, 0.1) is 43.3 Å². The summed E-state index contributed by atoms with van der Waals surface area (Å²) in [7, 11) is 1.57. The molecule has 1 aromatic heterocycles. The van der Waals surface area contributed by atoms with Gasteiger partial charge in [0.2, 0.25) is 5.91 Å². The Kier molecular flexibility index (Phi) is 8.62. The standard InChI is InChI=1S/C25H32N4O6/c1-5-34-24(32)19-8-7-13-28(15-19)22(30)16-27(4)23(31)18-9-11-20(12-10-18)29-17(3)21(14-26-29)25(33)35-6-2/h9-12,14,19H,5-8,13,15-16H2,1-4H3. The molecule has 188 valence electrons. The Labute approximate surface area is 204 Å². The molecule has 0 aliphatic carbocycles. The second-order valence-electron chi connectivity index (χ2n) is 8.41. The normalized spacial score (nSPS) is 15.4. The second kappa shape index (κ2) is 11.6. The Morgan fingerprint density at radius 3 is 2.43 bits per heavy atom. The van der Waals surface area contributed by atoms with Gasteiger partial charge in [-0.25, -0.2) is 9.48 Å². The van der Waals surface area contributed by atoms with E-state index in [-0.39, 0.29) is 36.9 Å². The molecule has 1 aliphatic heterocycles. The van der Waals surface area contributed by atoms with Gasteiger partial charge in [0.1, 0.15) is 5.56 Å². The number of likely N-dealkylation sites (N-methyl/N-ethyl adjacent to an activating group) is 1. The number of nitrogens with zero attached hydrogens (tertiary/aromatic N) is 4. The summed E-state index contributed by atoms with van der Waals surface area (Å²) in [5.74, 6) is -1.54. The molecule has 2 amide bonds. The summed E-state index contributed by atoms with van der Waals surface area (Å²) in [6.07, 6.45) is 2.87. The molecule has 0 N–H and O–H groups in total. The average molecular weight is 485 g/mol. The lowest BCUT2D eigenvalue weighted by atomic mass is 9.98. The van der Waals surface area contributed by atoms with Crippen molar-refractivity contribution in [3.63, 3.8) is 0 Å². The van der Waals surface area contributed by atoms with Gasteiger partial charge in [-0.05, 0) is 57.9 Å². The molecule has 2 aromatic rings. The van der Waals surface area contributed by atoms with E-state index >= 15 is 0 Å². The zero-order valence-electron chi connectivity index (χ0n) is 20.7. The molecule has 1 aliphatic rings. The van der Waals surface area contributed by atoms with Crippen LogP contribution < -0.4 is 0 Å². The number of rotatable bonds is 8. The number of carbonyl (C=O) groups excluding carboxylic acids is 4. The summed E-state index contributed by atoms with van der Waals surface area (Å²) in [6, 6.07) is 6.77. The molecule has 1 saturated heterocycles. The lowest BCUT2D eigenvalue weighted by Gasteiger charge is -2.32. The molecule has 1 aromatic carbocycles. The van der Waals surface area contributed by atoms with Crippen LogP contribution >= 0.6 is 0 Å². The summed E-state index contributed by atoms with van der Waals surface area (Å²) in [4.78, 5) is 52.7. The maximum absolute atomic E-state index is 12.9. The lowest BCUT2D eigenvalue weighted by Crippen LogP contribution is -2.47. The van der Waals surface area contributed by atoms with Crippen molar-refractivity contribution < 1.29 is 28.7 Å². The van der Waals surface area contributed by atoms with E-state index in [9.17, 15) is 19.2 Å². The van der Waals surface area contributed by atoms with Gasteiger partial charge in [0.15, 0.2) is 0 Å². The molecular weight excluding hydrogens is 452 g/mol. The van der Waals surface area contributed by atoms with Crippen molar-refractivity contribution in [2.45, 2.75) is 33.6 Å². The molecule has 0 bridgehead atoms. The van der Waals surface area contributed by atoms with Gasteiger partial charge in [0, 0.05) is 25.7 Å². The minimum Gasteiger partial charge on any atom is -0.466 e. The van der Waals surface area contributed by atoms with E-state index in [4.69, 9.17) is 9.47 Å². The quantitative estimate of drug-likeness (QED) is 0.528. The Bertz CT molecular complexity index is 1080. The van der Waals surface area contributed by atoms with Crippen LogP contribution in [-0.4, -0.2) is 83.2 Å². The molecular formula is C25H32N4O6. The van der Waals surface area contributed by atoms with Crippen molar-refractivity contribution in [1.29, 1.82) is 0 Å². The van der Waals surface area contributed by atoms with Crippen LogP contribution in [0.25, 0.3) is 5.69 Å². The van der Waals surface area contributed by atoms with E-state index < -0.39 is 5.97 Å². The molecule has 35 heavy (non-hydrogen) atoms. The SMILES string of the molecule is CCOC(=O)c1cnn(-c2ccc(C(=O)N(C)CC(=O)N3CCCC(C(=O)OCC)C3)cc2)c1C. The number of ether oxygens (including phenoxy) is 2. The van der Waals surface area contributed by atoms with E-state index in [1.165, 1.54) is 11.1 Å². The van der Waals surface area contributed by atoms with E-state index in [1.54, 1.807) is 61.7 Å². The first-order chi connectivity index (χ1) is 16.8. The van der Waals surface area contributed by atoms with Gasteiger partial charge in [-0.15, -0.1) is 0 Å². The molecule has 1 unspecified atom stereocenters. The molecule has 10 nitrogen and oxygen atoms in total. The zero-order chi connectivity index (χ0) is 25.5. The molecule has 1 fully saturated rings. The van der Waals surface area contributed by atoms with E-state index in [2.05, 4.69) is 5.10 Å². The molecule has 2 heterocycles. The minimum absolute atomic E-state index is 0.0860. The Hall–Kier alpha value is -3.69. The van der Waals surface area contributed by atoms with Crippen LogP contribution in [0, 0.1) is 12.8 Å². The number of piperidine rings is 1. The molecule has 0 spiro atoms. The van der Waals surface area contributed by atoms with Crippen molar-refractivity contribution in [3.8, 4) is 5.69 Å². The Morgan fingerprint density at radius 2 is 1.77 bits per heavy atom. The molecule has 0 saturated carbocycles. The van der Waals surface area contributed by atoms with Gasteiger partial charge in [-0.2, -0.15) is 5.10 Å². The summed E-state index contributed by atoms with van der Waals surface area (Å²) < 4.78 is 11.7. The van der Waals surface area contributed by atoms with Crippen LogP contribution in [0.3, 0.4) is 0 Å². The van der Waals surface area contributed by atoms with Crippen molar-refractivity contribution >= 4 is 23.8 Å².